The lowest BCUT2D eigenvalue weighted by atomic mass is 10.1. The van der Waals surface area contributed by atoms with Crippen molar-refractivity contribution in [2.75, 3.05) is 5.73 Å². The maximum atomic E-state index is 6.05. The fraction of sp³-hybridized carbons (Fsp3) is 0.273. The largest absolute Gasteiger partial charge is 0.382 e. The molecule has 0 unspecified atom stereocenters. The molecule has 1 aromatic heterocycles. The zero-order valence-electron chi connectivity index (χ0n) is 8.60. The Hall–Kier alpha value is -1.36. The standard InChI is InChI=1S/C11H11BrN4/c12-8-3-1-2-7(6-8)10-11(13)16(15-14-10)9-4-5-9/h1-3,6,9H,4-5,13H2. The van der Waals surface area contributed by atoms with Crippen molar-refractivity contribution in [3.8, 4) is 11.3 Å². The first-order chi connectivity index (χ1) is 7.75. The van der Waals surface area contributed by atoms with Gasteiger partial charge in [-0.2, -0.15) is 0 Å². The number of benzene rings is 1. The monoisotopic (exact) mass is 278 g/mol. The van der Waals surface area contributed by atoms with Crippen molar-refractivity contribution in [1.82, 2.24) is 15.0 Å². The highest BCUT2D eigenvalue weighted by molar-refractivity contribution is 9.10. The highest BCUT2D eigenvalue weighted by Gasteiger charge is 2.28. The van der Waals surface area contributed by atoms with Crippen LogP contribution in [-0.4, -0.2) is 15.0 Å². The van der Waals surface area contributed by atoms with Crippen molar-refractivity contribution in [1.29, 1.82) is 0 Å². The lowest BCUT2D eigenvalue weighted by molar-refractivity contribution is 0.619. The molecule has 2 aromatic rings. The molecule has 0 amide bonds. The molecule has 1 heterocycles. The molecule has 3 rings (SSSR count). The molecule has 0 radical (unpaired) electrons. The normalized spacial score (nSPS) is 15.3. The van der Waals surface area contributed by atoms with Gasteiger partial charge in [0.25, 0.3) is 0 Å². The Morgan fingerprint density at radius 3 is 2.88 bits per heavy atom. The van der Waals surface area contributed by atoms with Crippen molar-refractivity contribution in [2.45, 2.75) is 18.9 Å². The summed E-state index contributed by atoms with van der Waals surface area (Å²) in [5, 5.41) is 8.27. The van der Waals surface area contributed by atoms with Crippen LogP contribution in [0.5, 0.6) is 0 Å². The molecule has 5 heteroatoms. The predicted octanol–water partition coefficient (Wildman–Crippen LogP) is 2.62. The second kappa shape index (κ2) is 3.59. The van der Waals surface area contributed by atoms with Crippen LogP contribution in [0.3, 0.4) is 0 Å². The van der Waals surface area contributed by atoms with Gasteiger partial charge in [0, 0.05) is 10.0 Å². The fourth-order valence-electron chi connectivity index (χ4n) is 1.73. The van der Waals surface area contributed by atoms with Crippen LogP contribution >= 0.6 is 15.9 Å². The second-order valence-corrected chi connectivity index (χ2v) is 4.93. The van der Waals surface area contributed by atoms with Crippen LogP contribution in [0.2, 0.25) is 0 Å². The van der Waals surface area contributed by atoms with Crippen molar-refractivity contribution in [3.63, 3.8) is 0 Å². The SMILES string of the molecule is Nc1c(-c2cccc(Br)c2)nnn1C1CC1. The Labute approximate surface area is 102 Å². The first-order valence-corrected chi connectivity index (χ1v) is 6.01. The molecule has 0 bridgehead atoms. The van der Waals surface area contributed by atoms with E-state index >= 15 is 0 Å². The van der Waals surface area contributed by atoms with Crippen LogP contribution < -0.4 is 5.73 Å². The number of halogens is 1. The smallest absolute Gasteiger partial charge is 0.150 e. The molecule has 0 atom stereocenters. The number of hydrogen-bond acceptors (Lipinski definition) is 3. The van der Waals surface area contributed by atoms with E-state index in [1.807, 2.05) is 28.9 Å². The molecule has 0 saturated heterocycles. The van der Waals surface area contributed by atoms with E-state index in [1.54, 1.807) is 0 Å². The van der Waals surface area contributed by atoms with Crippen molar-refractivity contribution in [2.24, 2.45) is 0 Å². The van der Waals surface area contributed by atoms with E-state index in [4.69, 9.17) is 5.73 Å². The molecule has 1 saturated carbocycles. The van der Waals surface area contributed by atoms with Gasteiger partial charge in [-0.1, -0.05) is 33.3 Å². The van der Waals surface area contributed by atoms with Crippen LogP contribution in [-0.2, 0) is 0 Å². The quantitative estimate of drug-likeness (QED) is 0.919. The van der Waals surface area contributed by atoms with E-state index in [0.717, 1.165) is 28.6 Å². The Morgan fingerprint density at radius 1 is 1.38 bits per heavy atom. The second-order valence-electron chi connectivity index (χ2n) is 4.01. The van der Waals surface area contributed by atoms with Crippen LogP contribution in [0.1, 0.15) is 18.9 Å². The van der Waals surface area contributed by atoms with Gasteiger partial charge in [0.05, 0.1) is 6.04 Å². The zero-order chi connectivity index (χ0) is 11.1. The van der Waals surface area contributed by atoms with Crippen molar-refractivity contribution in [3.05, 3.63) is 28.7 Å². The summed E-state index contributed by atoms with van der Waals surface area (Å²) >= 11 is 3.44. The molecule has 82 valence electrons. The summed E-state index contributed by atoms with van der Waals surface area (Å²) in [5.41, 5.74) is 7.82. The van der Waals surface area contributed by atoms with Crippen molar-refractivity contribution < 1.29 is 0 Å². The summed E-state index contributed by atoms with van der Waals surface area (Å²) in [6.45, 7) is 0. The van der Waals surface area contributed by atoms with Gasteiger partial charge in [-0.25, -0.2) is 4.68 Å². The summed E-state index contributed by atoms with van der Waals surface area (Å²) in [6, 6.07) is 8.40. The summed E-state index contributed by atoms with van der Waals surface area (Å²) in [5.74, 6) is 0.667. The number of hydrogen-bond donors (Lipinski definition) is 1. The third kappa shape index (κ3) is 1.61. The molecule has 0 spiro atoms. The van der Waals surface area contributed by atoms with Gasteiger partial charge in [-0.3, -0.25) is 0 Å². The van der Waals surface area contributed by atoms with Crippen LogP contribution in [0.4, 0.5) is 5.82 Å². The van der Waals surface area contributed by atoms with Gasteiger partial charge in [-0.15, -0.1) is 5.10 Å². The molecule has 1 aromatic carbocycles. The highest BCUT2D eigenvalue weighted by atomic mass is 79.9. The van der Waals surface area contributed by atoms with Gasteiger partial charge >= 0.3 is 0 Å². The molecule has 4 nitrogen and oxygen atoms in total. The third-order valence-corrected chi connectivity index (χ3v) is 3.21. The average Bonchev–Trinajstić information content (AvgIpc) is 3.03. The number of nitrogens with two attached hydrogens (primary N) is 1. The van der Waals surface area contributed by atoms with Gasteiger partial charge in [0.2, 0.25) is 0 Å². The minimum Gasteiger partial charge on any atom is -0.382 e. The lowest BCUT2D eigenvalue weighted by Crippen LogP contribution is -2.02. The molecule has 1 fully saturated rings. The number of rotatable bonds is 2. The fourth-order valence-corrected chi connectivity index (χ4v) is 2.13. The molecule has 1 aliphatic carbocycles. The zero-order valence-corrected chi connectivity index (χ0v) is 10.2. The summed E-state index contributed by atoms with van der Waals surface area (Å²) in [6.07, 6.45) is 2.32. The Bertz CT molecular complexity index is 531. The summed E-state index contributed by atoms with van der Waals surface area (Å²) < 4.78 is 2.85. The highest BCUT2D eigenvalue weighted by Crippen LogP contribution is 2.38. The van der Waals surface area contributed by atoms with E-state index in [0.29, 0.717) is 11.9 Å². The summed E-state index contributed by atoms with van der Waals surface area (Å²) in [7, 11) is 0. The van der Waals surface area contributed by atoms with Crippen LogP contribution in [0.25, 0.3) is 11.3 Å². The molecule has 1 aliphatic rings. The third-order valence-electron chi connectivity index (χ3n) is 2.72. The van der Waals surface area contributed by atoms with E-state index in [1.165, 1.54) is 0 Å². The molecular weight excluding hydrogens is 268 g/mol. The van der Waals surface area contributed by atoms with Crippen LogP contribution in [0.15, 0.2) is 28.7 Å². The Kier molecular flexibility index (Phi) is 2.21. The maximum absolute atomic E-state index is 6.05. The van der Waals surface area contributed by atoms with E-state index in [9.17, 15) is 0 Å². The van der Waals surface area contributed by atoms with Crippen LogP contribution in [0, 0.1) is 0 Å². The van der Waals surface area contributed by atoms with Gasteiger partial charge in [0.1, 0.15) is 5.69 Å². The van der Waals surface area contributed by atoms with E-state index < -0.39 is 0 Å². The van der Waals surface area contributed by atoms with E-state index in [2.05, 4.69) is 26.2 Å². The molecular formula is C11H11BrN4. The lowest BCUT2D eigenvalue weighted by Gasteiger charge is -2.01. The number of aromatic nitrogens is 3. The minimum absolute atomic E-state index is 0.466. The Balaban J connectivity index is 2.06. The predicted molar refractivity (Wildman–Crippen MR) is 65.8 cm³/mol. The topological polar surface area (TPSA) is 56.7 Å². The minimum atomic E-state index is 0.466. The molecule has 16 heavy (non-hydrogen) atoms. The van der Waals surface area contributed by atoms with Gasteiger partial charge in [0.15, 0.2) is 5.82 Å². The number of anilines is 1. The maximum Gasteiger partial charge on any atom is 0.150 e. The first kappa shape index (κ1) is 9.84. The van der Waals surface area contributed by atoms with E-state index in [-0.39, 0.29) is 0 Å². The number of nitrogens with zero attached hydrogens (tertiary/aromatic N) is 3. The number of nitrogen functional groups attached to an aromatic ring is 1. The molecule has 2 N–H and O–H groups in total. The van der Waals surface area contributed by atoms with Gasteiger partial charge < -0.3 is 5.73 Å². The summed E-state index contributed by atoms with van der Waals surface area (Å²) in [4.78, 5) is 0. The molecule has 0 aliphatic heterocycles. The first-order valence-electron chi connectivity index (χ1n) is 5.22. The average molecular weight is 279 g/mol. The van der Waals surface area contributed by atoms with Crippen molar-refractivity contribution >= 4 is 21.7 Å². The Morgan fingerprint density at radius 2 is 2.19 bits per heavy atom. The van der Waals surface area contributed by atoms with Gasteiger partial charge in [-0.05, 0) is 25.0 Å².